The first-order valence-electron chi connectivity index (χ1n) is 8.36. The van der Waals surface area contributed by atoms with Gasteiger partial charge < -0.3 is 14.8 Å². The summed E-state index contributed by atoms with van der Waals surface area (Å²) in [6.07, 6.45) is 4.00. The van der Waals surface area contributed by atoms with Gasteiger partial charge in [0.1, 0.15) is 17.5 Å². The minimum absolute atomic E-state index is 0.571. The third kappa shape index (κ3) is 3.50. The molecule has 0 aliphatic heterocycles. The molecule has 27 heavy (non-hydrogen) atoms. The molecule has 4 aromatic rings. The first kappa shape index (κ1) is 16.8. The Hall–Kier alpha value is -3.68. The predicted molar refractivity (Wildman–Crippen MR) is 102 cm³/mol. The molecule has 0 atom stereocenters. The Kier molecular flexibility index (Phi) is 4.52. The van der Waals surface area contributed by atoms with Crippen LogP contribution >= 0.6 is 0 Å². The maximum atomic E-state index is 5.35. The van der Waals surface area contributed by atoms with Crippen molar-refractivity contribution in [1.29, 1.82) is 0 Å². The Labute approximate surface area is 155 Å². The van der Waals surface area contributed by atoms with E-state index in [-0.39, 0.29) is 0 Å². The Morgan fingerprint density at radius 3 is 2.74 bits per heavy atom. The molecule has 3 heterocycles. The van der Waals surface area contributed by atoms with E-state index in [0.717, 1.165) is 16.8 Å². The summed E-state index contributed by atoms with van der Waals surface area (Å²) in [5, 5.41) is 11.3. The number of rotatable bonds is 6. The lowest BCUT2D eigenvalue weighted by Gasteiger charge is -2.10. The summed E-state index contributed by atoms with van der Waals surface area (Å²) in [6.45, 7) is 0. The van der Waals surface area contributed by atoms with Crippen molar-refractivity contribution in [2.24, 2.45) is 0 Å². The lowest BCUT2D eigenvalue weighted by molar-refractivity contribution is 0.354. The molecule has 0 saturated heterocycles. The van der Waals surface area contributed by atoms with E-state index in [9.17, 15) is 0 Å². The van der Waals surface area contributed by atoms with Crippen molar-refractivity contribution < 1.29 is 9.47 Å². The molecule has 0 fully saturated rings. The van der Waals surface area contributed by atoms with Crippen molar-refractivity contribution in [3.8, 4) is 11.5 Å². The van der Waals surface area contributed by atoms with Crippen LogP contribution in [0.5, 0.6) is 11.5 Å². The fraction of sp³-hybridized carbons (Fsp3) is 0.158. The molecular weight excluding hydrogens is 344 g/mol. The van der Waals surface area contributed by atoms with Crippen molar-refractivity contribution in [3.63, 3.8) is 0 Å². The van der Waals surface area contributed by atoms with Gasteiger partial charge >= 0.3 is 0 Å². The van der Waals surface area contributed by atoms with Crippen LogP contribution in [0.15, 0.2) is 48.8 Å². The van der Waals surface area contributed by atoms with Crippen LogP contribution < -0.4 is 14.8 Å². The standard InChI is InChI=1S/C19H18N6O2/c1-26-14-6-5-12(10-15(14)27-2)11-17-20-9-7-16(22-17)23-19-13-4-3-8-21-18(13)24-25-19/h3-10H,11H2,1-2H3,(H2,20,21,22,23,24,25). The van der Waals surface area contributed by atoms with Crippen LogP contribution in [0, 0.1) is 0 Å². The maximum absolute atomic E-state index is 5.35. The number of fused-ring (bicyclic) bond motifs is 1. The molecule has 3 aromatic heterocycles. The van der Waals surface area contributed by atoms with Gasteiger partial charge in [0.2, 0.25) is 0 Å². The number of hydrogen-bond donors (Lipinski definition) is 2. The van der Waals surface area contributed by atoms with Crippen LogP contribution in [0.3, 0.4) is 0 Å². The number of ether oxygens (including phenoxy) is 2. The Morgan fingerprint density at radius 1 is 1.00 bits per heavy atom. The van der Waals surface area contributed by atoms with Gasteiger partial charge in [-0.3, -0.25) is 5.10 Å². The first-order chi connectivity index (χ1) is 13.3. The fourth-order valence-corrected chi connectivity index (χ4v) is 2.80. The largest absolute Gasteiger partial charge is 0.493 e. The molecule has 8 heteroatoms. The molecule has 8 nitrogen and oxygen atoms in total. The highest BCUT2D eigenvalue weighted by Crippen LogP contribution is 2.28. The summed E-state index contributed by atoms with van der Waals surface area (Å²) in [5.74, 6) is 3.48. The van der Waals surface area contributed by atoms with Crippen LogP contribution in [0.1, 0.15) is 11.4 Å². The van der Waals surface area contributed by atoms with Crippen LogP contribution in [-0.2, 0) is 6.42 Å². The number of pyridine rings is 1. The summed E-state index contributed by atoms with van der Waals surface area (Å²) in [6, 6.07) is 11.4. The Balaban J connectivity index is 1.56. The highest BCUT2D eigenvalue weighted by Gasteiger charge is 2.09. The SMILES string of the molecule is COc1ccc(Cc2nccc(Nc3[nH]nc4ncccc34)n2)cc1OC. The summed E-state index contributed by atoms with van der Waals surface area (Å²) >= 11 is 0. The van der Waals surface area contributed by atoms with Crippen LogP contribution in [0.4, 0.5) is 11.6 Å². The number of aromatic nitrogens is 5. The molecule has 0 radical (unpaired) electrons. The smallest absolute Gasteiger partial charge is 0.183 e. The van der Waals surface area contributed by atoms with Crippen molar-refractivity contribution in [2.45, 2.75) is 6.42 Å². The third-order valence-electron chi connectivity index (χ3n) is 4.10. The number of methoxy groups -OCH3 is 2. The van der Waals surface area contributed by atoms with E-state index in [2.05, 4.69) is 30.5 Å². The molecule has 0 unspecified atom stereocenters. The van der Waals surface area contributed by atoms with Gasteiger partial charge in [0.05, 0.1) is 19.6 Å². The summed E-state index contributed by atoms with van der Waals surface area (Å²) < 4.78 is 10.6. The molecule has 0 bridgehead atoms. The normalized spacial score (nSPS) is 10.7. The number of nitrogens with zero attached hydrogens (tertiary/aromatic N) is 4. The van der Waals surface area contributed by atoms with E-state index < -0.39 is 0 Å². The average Bonchev–Trinajstić information content (AvgIpc) is 3.11. The molecule has 0 saturated carbocycles. The van der Waals surface area contributed by atoms with E-state index in [1.807, 2.05) is 30.3 Å². The predicted octanol–water partition coefficient (Wildman–Crippen LogP) is 3.10. The molecule has 0 aliphatic rings. The molecule has 2 N–H and O–H groups in total. The van der Waals surface area contributed by atoms with Gasteiger partial charge in [-0.05, 0) is 35.9 Å². The van der Waals surface area contributed by atoms with Crippen LogP contribution in [-0.4, -0.2) is 39.4 Å². The molecule has 136 valence electrons. The summed E-state index contributed by atoms with van der Waals surface area (Å²) in [7, 11) is 3.23. The van der Waals surface area contributed by atoms with Crippen molar-refractivity contribution >= 4 is 22.7 Å². The van der Waals surface area contributed by atoms with E-state index in [1.165, 1.54) is 0 Å². The quantitative estimate of drug-likeness (QED) is 0.544. The number of benzene rings is 1. The highest BCUT2D eigenvalue weighted by molar-refractivity contribution is 5.88. The van der Waals surface area contributed by atoms with E-state index >= 15 is 0 Å². The Bertz CT molecular complexity index is 1080. The zero-order chi connectivity index (χ0) is 18.6. The minimum atomic E-state index is 0.571. The topological polar surface area (TPSA) is 97.8 Å². The van der Waals surface area contributed by atoms with Gasteiger partial charge in [-0.15, -0.1) is 0 Å². The van der Waals surface area contributed by atoms with Crippen LogP contribution in [0.25, 0.3) is 11.0 Å². The van der Waals surface area contributed by atoms with Crippen molar-refractivity contribution in [3.05, 3.63) is 60.2 Å². The zero-order valence-corrected chi connectivity index (χ0v) is 14.9. The molecule has 1 aromatic carbocycles. The number of aromatic amines is 1. The van der Waals surface area contributed by atoms with E-state index in [4.69, 9.17) is 9.47 Å². The van der Waals surface area contributed by atoms with E-state index in [1.54, 1.807) is 32.7 Å². The molecule has 4 rings (SSSR count). The first-order valence-corrected chi connectivity index (χ1v) is 8.36. The second kappa shape index (κ2) is 7.28. The van der Waals surface area contributed by atoms with Gasteiger partial charge in [0.25, 0.3) is 0 Å². The zero-order valence-electron chi connectivity index (χ0n) is 14.9. The fourth-order valence-electron chi connectivity index (χ4n) is 2.80. The van der Waals surface area contributed by atoms with Crippen molar-refractivity contribution in [2.75, 3.05) is 19.5 Å². The van der Waals surface area contributed by atoms with Crippen LogP contribution in [0.2, 0.25) is 0 Å². The molecule has 0 spiro atoms. The lowest BCUT2D eigenvalue weighted by Crippen LogP contribution is -2.01. The monoisotopic (exact) mass is 362 g/mol. The maximum Gasteiger partial charge on any atom is 0.183 e. The minimum Gasteiger partial charge on any atom is -0.493 e. The van der Waals surface area contributed by atoms with Gasteiger partial charge in [-0.25, -0.2) is 15.0 Å². The van der Waals surface area contributed by atoms with Gasteiger partial charge in [-0.1, -0.05) is 6.07 Å². The van der Waals surface area contributed by atoms with Gasteiger partial charge in [0.15, 0.2) is 17.1 Å². The second-order valence-corrected chi connectivity index (χ2v) is 5.82. The molecular formula is C19H18N6O2. The highest BCUT2D eigenvalue weighted by atomic mass is 16.5. The molecule has 0 aliphatic carbocycles. The Morgan fingerprint density at radius 2 is 1.89 bits per heavy atom. The number of anilines is 2. The van der Waals surface area contributed by atoms with Crippen molar-refractivity contribution in [1.82, 2.24) is 25.1 Å². The number of nitrogens with one attached hydrogen (secondary N) is 2. The average molecular weight is 362 g/mol. The molecule has 0 amide bonds. The summed E-state index contributed by atoms with van der Waals surface area (Å²) in [5.41, 5.74) is 1.68. The van der Waals surface area contributed by atoms with Gasteiger partial charge in [-0.2, -0.15) is 5.10 Å². The number of hydrogen-bond acceptors (Lipinski definition) is 7. The second-order valence-electron chi connectivity index (χ2n) is 5.82. The number of H-pyrrole nitrogens is 1. The van der Waals surface area contributed by atoms with Gasteiger partial charge in [0, 0.05) is 18.8 Å². The summed E-state index contributed by atoms with van der Waals surface area (Å²) in [4.78, 5) is 13.2. The lowest BCUT2D eigenvalue weighted by atomic mass is 10.1. The van der Waals surface area contributed by atoms with E-state index in [0.29, 0.717) is 35.2 Å². The third-order valence-corrected chi connectivity index (χ3v) is 4.10.